The molecule has 150 valence electrons. The van der Waals surface area contributed by atoms with Crippen LogP contribution in [0.25, 0.3) is 0 Å². The SMILES string of the molecule is CCCNC(=O)c1cc2c(s1)CCOC21CCN(C(=O)c2cn[nH]c2C)CC1. The summed E-state index contributed by atoms with van der Waals surface area (Å²) >= 11 is 1.58. The number of piperidine rings is 1. The van der Waals surface area contributed by atoms with E-state index in [4.69, 9.17) is 4.74 Å². The number of aromatic amines is 1. The highest BCUT2D eigenvalue weighted by molar-refractivity contribution is 7.14. The predicted molar refractivity (Wildman–Crippen MR) is 107 cm³/mol. The summed E-state index contributed by atoms with van der Waals surface area (Å²) in [5, 5.41) is 9.75. The van der Waals surface area contributed by atoms with Crippen molar-refractivity contribution in [2.24, 2.45) is 0 Å². The number of ether oxygens (including phenoxy) is 1. The molecule has 2 aromatic rings. The van der Waals surface area contributed by atoms with Gasteiger partial charge in [-0.3, -0.25) is 14.7 Å². The fraction of sp³-hybridized carbons (Fsp3) is 0.550. The summed E-state index contributed by atoms with van der Waals surface area (Å²) in [5.41, 5.74) is 2.20. The molecule has 0 aliphatic carbocycles. The minimum atomic E-state index is -0.379. The van der Waals surface area contributed by atoms with Crippen molar-refractivity contribution in [2.45, 2.75) is 45.1 Å². The molecule has 2 aliphatic rings. The molecule has 0 atom stereocenters. The zero-order chi connectivity index (χ0) is 19.7. The zero-order valence-corrected chi connectivity index (χ0v) is 17.2. The number of aryl methyl sites for hydroxylation is 1. The Hall–Kier alpha value is -2.19. The summed E-state index contributed by atoms with van der Waals surface area (Å²) < 4.78 is 6.27. The Bertz CT molecular complexity index is 880. The average Bonchev–Trinajstić information content (AvgIpc) is 3.33. The standard InChI is InChI=1S/C20H26N4O3S/c1-3-7-21-18(25)17-11-15-16(28-17)4-10-27-20(15)5-8-24(9-6-20)19(26)14-12-22-23-13(14)2/h11-12H,3-10H2,1-2H3,(H,21,25)(H,22,23). The summed E-state index contributed by atoms with van der Waals surface area (Å²) in [4.78, 5) is 29.0. The summed E-state index contributed by atoms with van der Waals surface area (Å²) in [6.07, 6.45) is 4.85. The van der Waals surface area contributed by atoms with E-state index in [9.17, 15) is 9.59 Å². The number of nitrogens with one attached hydrogen (secondary N) is 2. The minimum absolute atomic E-state index is 0.000512. The Morgan fingerprint density at radius 1 is 1.39 bits per heavy atom. The van der Waals surface area contributed by atoms with Crippen LogP contribution in [0.1, 0.15) is 62.4 Å². The largest absolute Gasteiger partial charge is 0.370 e. The second-order valence-electron chi connectivity index (χ2n) is 7.50. The third-order valence-electron chi connectivity index (χ3n) is 5.69. The molecule has 8 heteroatoms. The highest BCUT2D eigenvalue weighted by atomic mass is 32.1. The van der Waals surface area contributed by atoms with Crippen LogP contribution in [0.15, 0.2) is 12.3 Å². The Kier molecular flexibility index (Phi) is 5.25. The maximum absolute atomic E-state index is 12.8. The van der Waals surface area contributed by atoms with Gasteiger partial charge in [-0.15, -0.1) is 11.3 Å². The summed E-state index contributed by atoms with van der Waals surface area (Å²) in [7, 11) is 0. The number of likely N-dealkylation sites (tertiary alicyclic amines) is 1. The molecule has 4 heterocycles. The van der Waals surface area contributed by atoms with Crippen LogP contribution in [0.4, 0.5) is 0 Å². The lowest BCUT2D eigenvalue weighted by molar-refractivity contribution is -0.0926. The van der Waals surface area contributed by atoms with E-state index >= 15 is 0 Å². The van der Waals surface area contributed by atoms with E-state index in [1.807, 2.05) is 24.8 Å². The van der Waals surface area contributed by atoms with Crippen molar-refractivity contribution in [1.82, 2.24) is 20.4 Å². The highest BCUT2D eigenvalue weighted by Crippen LogP contribution is 2.44. The first-order valence-electron chi connectivity index (χ1n) is 9.88. The van der Waals surface area contributed by atoms with E-state index in [0.29, 0.717) is 31.8 Å². The summed E-state index contributed by atoms with van der Waals surface area (Å²) in [5.74, 6) is 0.0153. The number of nitrogens with zero attached hydrogens (tertiary/aromatic N) is 2. The van der Waals surface area contributed by atoms with Crippen LogP contribution in [0, 0.1) is 6.92 Å². The second-order valence-corrected chi connectivity index (χ2v) is 8.63. The smallest absolute Gasteiger partial charge is 0.261 e. The van der Waals surface area contributed by atoms with Gasteiger partial charge in [0.05, 0.1) is 28.8 Å². The van der Waals surface area contributed by atoms with Gasteiger partial charge in [-0.1, -0.05) is 6.92 Å². The van der Waals surface area contributed by atoms with E-state index in [-0.39, 0.29) is 17.4 Å². The van der Waals surface area contributed by atoms with E-state index in [1.54, 1.807) is 17.5 Å². The molecule has 0 bridgehead atoms. The lowest BCUT2D eigenvalue weighted by Gasteiger charge is -2.44. The van der Waals surface area contributed by atoms with Gasteiger partial charge in [0.25, 0.3) is 11.8 Å². The number of thiophene rings is 1. The van der Waals surface area contributed by atoms with Gasteiger partial charge in [-0.2, -0.15) is 5.10 Å². The number of carbonyl (C=O) groups excluding carboxylic acids is 2. The van der Waals surface area contributed by atoms with Crippen LogP contribution < -0.4 is 5.32 Å². The molecule has 2 amide bonds. The first-order chi connectivity index (χ1) is 13.5. The maximum atomic E-state index is 12.8. The number of rotatable bonds is 4. The van der Waals surface area contributed by atoms with Gasteiger partial charge in [-0.25, -0.2) is 0 Å². The average molecular weight is 403 g/mol. The molecule has 1 saturated heterocycles. The fourth-order valence-corrected chi connectivity index (χ4v) is 5.22. The Morgan fingerprint density at radius 3 is 2.86 bits per heavy atom. The normalized spacial score (nSPS) is 18.1. The number of H-pyrrole nitrogens is 1. The molecule has 0 unspecified atom stereocenters. The zero-order valence-electron chi connectivity index (χ0n) is 16.3. The lowest BCUT2D eigenvalue weighted by Crippen LogP contribution is -2.48. The molecule has 2 aliphatic heterocycles. The number of amides is 2. The molecular formula is C20H26N4O3S. The van der Waals surface area contributed by atoms with Gasteiger partial charge >= 0.3 is 0 Å². The number of fused-ring (bicyclic) bond motifs is 2. The molecule has 2 aromatic heterocycles. The molecular weight excluding hydrogens is 376 g/mol. The van der Waals surface area contributed by atoms with Gasteiger partial charge in [0.1, 0.15) is 0 Å². The first kappa shape index (κ1) is 19.1. The Labute approximate surface area is 168 Å². The Balaban J connectivity index is 1.50. The highest BCUT2D eigenvalue weighted by Gasteiger charge is 2.43. The summed E-state index contributed by atoms with van der Waals surface area (Å²) in [6, 6.07) is 2.02. The molecule has 1 spiro atoms. The van der Waals surface area contributed by atoms with Crippen LogP contribution in [0.5, 0.6) is 0 Å². The molecule has 0 radical (unpaired) electrons. The monoisotopic (exact) mass is 402 g/mol. The van der Waals surface area contributed by atoms with Crippen molar-refractivity contribution in [1.29, 1.82) is 0 Å². The van der Waals surface area contributed by atoms with Crippen molar-refractivity contribution < 1.29 is 14.3 Å². The van der Waals surface area contributed by atoms with Gasteiger partial charge in [-0.05, 0) is 37.8 Å². The molecule has 0 saturated carbocycles. The van der Waals surface area contributed by atoms with Crippen molar-refractivity contribution in [3.05, 3.63) is 38.8 Å². The Morgan fingerprint density at radius 2 is 2.18 bits per heavy atom. The molecule has 7 nitrogen and oxygen atoms in total. The molecule has 2 N–H and O–H groups in total. The van der Waals surface area contributed by atoms with Gasteiger partial charge in [0, 0.05) is 36.6 Å². The lowest BCUT2D eigenvalue weighted by atomic mass is 9.82. The number of aromatic nitrogens is 2. The van der Waals surface area contributed by atoms with E-state index in [1.165, 1.54) is 4.88 Å². The number of hydrogen-bond acceptors (Lipinski definition) is 5. The van der Waals surface area contributed by atoms with Gasteiger partial charge < -0.3 is 15.0 Å². The van der Waals surface area contributed by atoms with Crippen LogP contribution in [-0.4, -0.2) is 53.2 Å². The fourth-order valence-electron chi connectivity index (χ4n) is 4.08. The molecule has 1 fully saturated rings. The van der Waals surface area contributed by atoms with Gasteiger partial charge in [0.2, 0.25) is 0 Å². The number of carbonyl (C=O) groups is 2. The van der Waals surface area contributed by atoms with E-state index in [2.05, 4.69) is 15.5 Å². The third kappa shape index (κ3) is 3.35. The van der Waals surface area contributed by atoms with Crippen LogP contribution in [0.3, 0.4) is 0 Å². The van der Waals surface area contributed by atoms with Crippen LogP contribution >= 0.6 is 11.3 Å². The topological polar surface area (TPSA) is 87.3 Å². The summed E-state index contributed by atoms with van der Waals surface area (Å²) in [6.45, 7) is 6.53. The van der Waals surface area contributed by atoms with Gasteiger partial charge in [0.15, 0.2) is 0 Å². The first-order valence-corrected chi connectivity index (χ1v) is 10.7. The second kappa shape index (κ2) is 7.67. The third-order valence-corrected chi connectivity index (χ3v) is 6.88. The predicted octanol–water partition coefficient (Wildman–Crippen LogP) is 2.62. The van der Waals surface area contributed by atoms with Crippen molar-refractivity contribution in [2.75, 3.05) is 26.2 Å². The van der Waals surface area contributed by atoms with Crippen LogP contribution in [0.2, 0.25) is 0 Å². The maximum Gasteiger partial charge on any atom is 0.261 e. The van der Waals surface area contributed by atoms with Crippen molar-refractivity contribution in [3.63, 3.8) is 0 Å². The quantitative estimate of drug-likeness (QED) is 0.823. The minimum Gasteiger partial charge on any atom is -0.370 e. The molecule has 0 aromatic carbocycles. The molecule has 4 rings (SSSR count). The molecule has 28 heavy (non-hydrogen) atoms. The van der Waals surface area contributed by atoms with E-state index < -0.39 is 0 Å². The van der Waals surface area contributed by atoms with Crippen molar-refractivity contribution >= 4 is 23.2 Å². The van der Waals surface area contributed by atoms with Crippen molar-refractivity contribution in [3.8, 4) is 0 Å². The van der Waals surface area contributed by atoms with E-state index in [0.717, 1.165) is 41.8 Å². The van der Waals surface area contributed by atoms with Crippen LogP contribution in [-0.2, 0) is 16.8 Å². The number of hydrogen-bond donors (Lipinski definition) is 2.